The molecule has 1 aliphatic rings. The van der Waals surface area contributed by atoms with E-state index in [1.165, 1.54) is 12.1 Å². The molecule has 2 amide bonds. The minimum absolute atomic E-state index is 0.109. The number of nitrogens with one attached hydrogen (secondary N) is 1. The third kappa shape index (κ3) is 4.18. The molecule has 0 aromatic heterocycles. The summed E-state index contributed by atoms with van der Waals surface area (Å²) in [5.74, 6) is -1.73. The first-order valence-corrected chi connectivity index (χ1v) is 7.24. The van der Waals surface area contributed by atoms with Crippen LogP contribution < -0.4 is 16.8 Å². The van der Waals surface area contributed by atoms with Crippen LogP contribution in [0.1, 0.15) is 6.42 Å². The van der Waals surface area contributed by atoms with Crippen molar-refractivity contribution in [1.29, 1.82) is 0 Å². The maximum Gasteiger partial charge on any atom is 0.262 e. The molecule has 0 aliphatic carbocycles. The lowest BCUT2D eigenvalue weighted by Crippen LogP contribution is -2.23. The number of amidine groups is 1. The Labute approximate surface area is 134 Å². The van der Waals surface area contributed by atoms with Gasteiger partial charge in [-0.2, -0.15) is 9.98 Å². The summed E-state index contributed by atoms with van der Waals surface area (Å²) >= 11 is 6.61. The average Bonchev–Trinajstić information content (AvgIpc) is 2.73. The van der Waals surface area contributed by atoms with E-state index in [-0.39, 0.29) is 22.6 Å². The van der Waals surface area contributed by atoms with Gasteiger partial charge in [0.05, 0.1) is 5.02 Å². The highest BCUT2D eigenvalue weighted by Crippen LogP contribution is 2.26. The number of anilines is 1. The van der Waals surface area contributed by atoms with E-state index < -0.39 is 22.9 Å². The molecule has 1 aromatic rings. The molecule has 5 N–H and O–H groups in total. The van der Waals surface area contributed by atoms with Gasteiger partial charge < -0.3 is 16.8 Å². The number of guanidine groups is 1. The summed E-state index contributed by atoms with van der Waals surface area (Å²) in [5, 5.41) is 1.83. The summed E-state index contributed by atoms with van der Waals surface area (Å²) in [4.78, 5) is 30.8. The Bertz CT molecular complexity index is 690. The predicted octanol–water partition coefficient (Wildman–Crippen LogP) is 1.08. The number of thioether (sulfide) groups is 1. The summed E-state index contributed by atoms with van der Waals surface area (Å²) in [6.07, 6.45) is -0.120. The Morgan fingerprint density at radius 1 is 1.50 bits per heavy atom. The summed E-state index contributed by atoms with van der Waals surface area (Å²) in [5.41, 5.74) is 10.7. The standard InChI is InChI=1S/C12H11ClFN5O2S/c13-6-3-5(1-2-7(6)14)17-9(20)4-8-10(21)18-12(22-8)19-11(15)16/h1-3,8H,4H2,(H,17,20)(H4,15,16,18,19,21)/t8-/m1/s1. The van der Waals surface area contributed by atoms with E-state index in [0.29, 0.717) is 5.69 Å². The molecule has 0 saturated heterocycles. The number of nitrogens with zero attached hydrogens (tertiary/aromatic N) is 2. The largest absolute Gasteiger partial charge is 0.370 e. The molecule has 1 atom stereocenters. The van der Waals surface area contributed by atoms with Crippen molar-refractivity contribution in [3.05, 3.63) is 29.0 Å². The maximum atomic E-state index is 13.0. The number of nitrogens with two attached hydrogens (primary N) is 2. The SMILES string of the molecule is NC(N)=NC1=NC(=O)[C@@H](CC(=O)Nc2ccc(F)c(Cl)c2)S1. The van der Waals surface area contributed by atoms with Crippen molar-refractivity contribution in [3.8, 4) is 0 Å². The van der Waals surface area contributed by atoms with Crippen molar-refractivity contribution in [2.24, 2.45) is 21.5 Å². The predicted molar refractivity (Wildman–Crippen MR) is 84.3 cm³/mol. The first kappa shape index (κ1) is 16.2. The quantitative estimate of drug-likeness (QED) is 0.559. The zero-order valence-electron chi connectivity index (χ0n) is 11.0. The molecule has 0 radical (unpaired) electrons. The van der Waals surface area contributed by atoms with Crippen molar-refractivity contribution in [3.63, 3.8) is 0 Å². The molecule has 0 unspecified atom stereocenters. The molecule has 7 nitrogen and oxygen atoms in total. The normalized spacial score (nSPS) is 17.1. The molecule has 116 valence electrons. The number of hydrogen-bond acceptors (Lipinski definition) is 4. The van der Waals surface area contributed by atoms with Crippen LogP contribution in [0, 0.1) is 5.82 Å². The first-order valence-electron chi connectivity index (χ1n) is 5.99. The van der Waals surface area contributed by atoms with Gasteiger partial charge in [0.2, 0.25) is 5.91 Å². The monoisotopic (exact) mass is 343 g/mol. The van der Waals surface area contributed by atoms with Crippen LogP contribution in [-0.4, -0.2) is 28.2 Å². The third-order valence-corrected chi connectivity index (χ3v) is 3.86. The highest BCUT2D eigenvalue weighted by atomic mass is 35.5. The third-order valence-electron chi connectivity index (χ3n) is 2.53. The van der Waals surface area contributed by atoms with Crippen LogP contribution >= 0.6 is 23.4 Å². The van der Waals surface area contributed by atoms with E-state index in [1.54, 1.807) is 0 Å². The Morgan fingerprint density at radius 3 is 2.86 bits per heavy atom. The fraction of sp³-hybridized carbons (Fsp3) is 0.167. The fourth-order valence-electron chi connectivity index (χ4n) is 1.62. The van der Waals surface area contributed by atoms with Gasteiger partial charge in [0.15, 0.2) is 11.1 Å². The number of carbonyl (C=O) groups excluding carboxylic acids is 2. The lowest BCUT2D eigenvalue weighted by molar-refractivity contribution is -0.121. The number of halogens is 2. The topological polar surface area (TPSA) is 123 Å². The van der Waals surface area contributed by atoms with Gasteiger partial charge in [-0.3, -0.25) is 9.59 Å². The van der Waals surface area contributed by atoms with Crippen molar-refractivity contribution in [2.75, 3.05) is 5.32 Å². The Hall–Kier alpha value is -2.13. The Kier molecular flexibility index (Phi) is 4.99. The number of carbonyl (C=O) groups is 2. The van der Waals surface area contributed by atoms with E-state index in [0.717, 1.165) is 17.8 Å². The minimum atomic E-state index is -0.700. The van der Waals surface area contributed by atoms with Crippen LogP contribution in [0.25, 0.3) is 0 Å². The number of benzene rings is 1. The second-order valence-corrected chi connectivity index (χ2v) is 5.83. The molecule has 1 aliphatic heterocycles. The van der Waals surface area contributed by atoms with Gasteiger partial charge in [-0.1, -0.05) is 23.4 Å². The molecule has 0 spiro atoms. The molecule has 1 heterocycles. The molecule has 0 saturated carbocycles. The molecular weight excluding hydrogens is 333 g/mol. The van der Waals surface area contributed by atoms with E-state index >= 15 is 0 Å². The first-order chi connectivity index (χ1) is 10.3. The molecule has 22 heavy (non-hydrogen) atoms. The zero-order chi connectivity index (χ0) is 16.3. The highest BCUT2D eigenvalue weighted by molar-refractivity contribution is 8.15. The molecule has 1 aromatic carbocycles. The van der Waals surface area contributed by atoms with Crippen LogP contribution in [0.3, 0.4) is 0 Å². The van der Waals surface area contributed by atoms with Gasteiger partial charge in [0.25, 0.3) is 5.91 Å². The molecule has 2 rings (SSSR count). The van der Waals surface area contributed by atoms with Gasteiger partial charge in [-0.05, 0) is 18.2 Å². The van der Waals surface area contributed by atoms with Crippen LogP contribution in [0.15, 0.2) is 28.2 Å². The van der Waals surface area contributed by atoms with Crippen LogP contribution in [0.2, 0.25) is 5.02 Å². The lowest BCUT2D eigenvalue weighted by Gasteiger charge is -2.08. The van der Waals surface area contributed by atoms with Crippen molar-refractivity contribution >= 4 is 52.0 Å². The van der Waals surface area contributed by atoms with Crippen molar-refractivity contribution < 1.29 is 14.0 Å². The highest BCUT2D eigenvalue weighted by Gasteiger charge is 2.30. The average molecular weight is 344 g/mol. The minimum Gasteiger partial charge on any atom is -0.370 e. The van der Waals surface area contributed by atoms with Gasteiger partial charge in [0.1, 0.15) is 11.1 Å². The van der Waals surface area contributed by atoms with Crippen molar-refractivity contribution in [1.82, 2.24) is 0 Å². The smallest absolute Gasteiger partial charge is 0.262 e. The number of hydrogen-bond donors (Lipinski definition) is 3. The van der Waals surface area contributed by atoms with Crippen LogP contribution in [0.4, 0.5) is 10.1 Å². The molecule has 10 heteroatoms. The second-order valence-electron chi connectivity index (χ2n) is 4.26. The number of amides is 2. The molecular formula is C12H11ClFN5O2S. The zero-order valence-corrected chi connectivity index (χ0v) is 12.6. The van der Waals surface area contributed by atoms with Crippen LogP contribution in [0.5, 0.6) is 0 Å². The Balaban J connectivity index is 1.94. The van der Waals surface area contributed by atoms with Gasteiger partial charge in [0, 0.05) is 12.1 Å². The number of aliphatic imine (C=N–C) groups is 2. The maximum absolute atomic E-state index is 13.0. The molecule has 0 fully saturated rings. The van der Waals surface area contributed by atoms with E-state index in [2.05, 4.69) is 15.3 Å². The fourth-order valence-corrected chi connectivity index (χ4v) is 2.74. The lowest BCUT2D eigenvalue weighted by atomic mass is 10.2. The van der Waals surface area contributed by atoms with Crippen molar-refractivity contribution in [2.45, 2.75) is 11.7 Å². The van der Waals surface area contributed by atoms with Gasteiger partial charge >= 0.3 is 0 Å². The van der Waals surface area contributed by atoms with E-state index in [1.807, 2.05) is 0 Å². The van der Waals surface area contributed by atoms with E-state index in [9.17, 15) is 14.0 Å². The summed E-state index contributed by atoms with van der Waals surface area (Å²) in [7, 11) is 0. The number of rotatable bonds is 3. The summed E-state index contributed by atoms with van der Waals surface area (Å²) < 4.78 is 13.0. The second kappa shape index (κ2) is 6.75. The van der Waals surface area contributed by atoms with E-state index in [4.69, 9.17) is 23.1 Å². The summed E-state index contributed by atoms with van der Waals surface area (Å²) in [6.45, 7) is 0. The van der Waals surface area contributed by atoms with Gasteiger partial charge in [-0.25, -0.2) is 4.39 Å². The summed E-state index contributed by atoms with van der Waals surface area (Å²) in [6, 6.07) is 3.77. The van der Waals surface area contributed by atoms with Gasteiger partial charge in [-0.15, -0.1) is 0 Å². The molecule has 0 bridgehead atoms. The van der Waals surface area contributed by atoms with Crippen LogP contribution in [-0.2, 0) is 9.59 Å². The Morgan fingerprint density at radius 2 is 2.23 bits per heavy atom.